The van der Waals surface area contributed by atoms with Crippen molar-refractivity contribution >= 4 is 29.3 Å². The van der Waals surface area contributed by atoms with E-state index in [-0.39, 0.29) is 24.9 Å². The van der Waals surface area contributed by atoms with Crippen LogP contribution in [0.2, 0.25) is 0 Å². The molecule has 0 N–H and O–H groups in total. The number of hydrogen-bond acceptors (Lipinski definition) is 5. The lowest BCUT2D eigenvalue weighted by Crippen LogP contribution is -2.30. The minimum Gasteiger partial charge on any atom is -0.460 e. The summed E-state index contributed by atoms with van der Waals surface area (Å²) in [7, 11) is 0. The minimum atomic E-state index is -0.478. The Balaban J connectivity index is 1.70. The number of amides is 1. The monoisotopic (exact) mass is 451 g/mol. The average molecular weight is 452 g/mol. The van der Waals surface area contributed by atoms with E-state index < -0.39 is 5.97 Å². The van der Waals surface area contributed by atoms with E-state index in [9.17, 15) is 14.0 Å². The molecule has 1 amide bonds. The Labute approximate surface area is 190 Å². The summed E-state index contributed by atoms with van der Waals surface area (Å²) in [4.78, 5) is 29.4. The van der Waals surface area contributed by atoms with Crippen LogP contribution < -0.4 is 4.90 Å². The predicted molar refractivity (Wildman–Crippen MR) is 121 cm³/mol. The van der Waals surface area contributed by atoms with E-state index in [1.165, 1.54) is 23.9 Å². The van der Waals surface area contributed by atoms with Gasteiger partial charge in [0.1, 0.15) is 12.4 Å². The molecule has 3 aromatic carbocycles. The molecule has 1 aliphatic rings. The van der Waals surface area contributed by atoms with Crippen LogP contribution in [-0.2, 0) is 16.0 Å². The zero-order valence-corrected chi connectivity index (χ0v) is 18.4. The molecule has 0 saturated heterocycles. The van der Waals surface area contributed by atoms with Gasteiger partial charge in [-0.25, -0.2) is 9.18 Å². The number of benzene rings is 3. The molecule has 0 aliphatic carbocycles. The SMILES string of the molecule is CCOCCOC(=O)c1ccc2c(c1)N(Cc1ccc(F)cc1)C(=O)c1ccccc1S2. The van der Waals surface area contributed by atoms with Gasteiger partial charge in [0.25, 0.3) is 5.91 Å². The number of esters is 1. The molecule has 0 radical (unpaired) electrons. The lowest BCUT2D eigenvalue weighted by atomic mass is 10.1. The zero-order valence-electron chi connectivity index (χ0n) is 17.5. The maximum absolute atomic E-state index is 13.5. The molecule has 0 bridgehead atoms. The molecule has 0 atom stereocenters. The molecular weight excluding hydrogens is 429 g/mol. The van der Waals surface area contributed by atoms with Gasteiger partial charge in [0.2, 0.25) is 0 Å². The first-order valence-corrected chi connectivity index (χ1v) is 11.1. The molecule has 0 spiro atoms. The lowest BCUT2D eigenvalue weighted by Gasteiger charge is -2.23. The molecule has 32 heavy (non-hydrogen) atoms. The van der Waals surface area contributed by atoms with Gasteiger partial charge < -0.3 is 14.4 Å². The first-order valence-electron chi connectivity index (χ1n) is 10.3. The highest BCUT2D eigenvalue weighted by atomic mass is 32.2. The normalized spacial score (nSPS) is 12.7. The highest BCUT2D eigenvalue weighted by Crippen LogP contribution is 2.42. The van der Waals surface area contributed by atoms with Crippen LogP contribution in [0.3, 0.4) is 0 Å². The van der Waals surface area contributed by atoms with Crippen LogP contribution in [0.1, 0.15) is 33.2 Å². The number of fused-ring (bicyclic) bond motifs is 2. The van der Waals surface area contributed by atoms with Gasteiger partial charge in [0.05, 0.1) is 30.0 Å². The second-order valence-electron chi connectivity index (χ2n) is 7.13. The van der Waals surface area contributed by atoms with Crippen molar-refractivity contribution in [3.63, 3.8) is 0 Å². The van der Waals surface area contributed by atoms with Crippen LogP contribution in [-0.4, -0.2) is 31.7 Å². The molecular formula is C25H22FNO4S. The van der Waals surface area contributed by atoms with Crippen LogP contribution >= 0.6 is 11.8 Å². The topological polar surface area (TPSA) is 55.8 Å². The van der Waals surface area contributed by atoms with Crippen molar-refractivity contribution in [2.24, 2.45) is 0 Å². The summed E-state index contributed by atoms with van der Waals surface area (Å²) in [6.07, 6.45) is 0. The number of carbonyl (C=O) groups excluding carboxylic acids is 2. The van der Waals surface area contributed by atoms with E-state index >= 15 is 0 Å². The van der Waals surface area contributed by atoms with Crippen molar-refractivity contribution in [3.05, 3.63) is 89.2 Å². The van der Waals surface area contributed by atoms with Crippen molar-refractivity contribution in [2.75, 3.05) is 24.7 Å². The Hall–Kier alpha value is -3.16. The summed E-state index contributed by atoms with van der Waals surface area (Å²) >= 11 is 1.47. The van der Waals surface area contributed by atoms with Crippen molar-refractivity contribution in [1.29, 1.82) is 0 Å². The Bertz CT molecular complexity index is 1130. The molecule has 0 aromatic heterocycles. The Morgan fingerprint density at radius 1 is 1.00 bits per heavy atom. The summed E-state index contributed by atoms with van der Waals surface area (Å²) in [5.74, 6) is -0.999. The number of nitrogens with zero attached hydrogens (tertiary/aromatic N) is 1. The first-order chi connectivity index (χ1) is 15.6. The number of halogens is 1. The Morgan fingerprint density at radius 2 is 1.78 bits per heavy atom. The van der Waals surface area contributed by atoms with Gasteiger partial charge >= 0.3 is 5.97 Å². The highest BCUT2D eigenvalue weighted by Gasteiger charge is 2.28. The van der Waals surface area contributed by atoms with Crippen molar-refractivity contribution in [2.45, 2.75) is 23.3 Å². The van der Waals surface area contributed by atoms with Gasteiger partial charge in [0, 0.05) is 16.4 Å². The van der Waals surface area contributed by atoms with E-state index in [4.69, 9.17) is 9.47 Å². The van der Waals surface area contributed by atoms with Gasteiger partial charge in [-0.05, 0) is 55.0 Å². The lowest BCUT2D eigenvalue weighted by molar-refractivity contribution is 0.0335. The fourth-order valence-electron chi connectivity index (χ4n) is 3.40. The third-order valence-electron chi connectivity index (χ3n) is 4.99. The molecule has 5 nitrogen and oxygen atoms in total. The van der Waals surface area contributed by atoms with Crippen LogP contribution in [0, 0.1) is 5.82 Å². The standard InChI is InChI=1S/C25H22FNO4S/c1-2-30-13-14-31-25(29)18-9-12-23-21(15-18)27(16-17-7-10-19(26)11-8-17)24(28)20-5-3-4-6-22(20)32-23/h3-12,15H,2,13-14,16H2,1H3. The summed E-state index contributed by atoms with van der Waals surface area (Å²) in [6.45, 7) is 3.14. The maximum Gasteiger partial charge on any atom is 0.338 e. The fraction of sp³-hybridized carbons (Fsp3) is 0.200. The number of ether oxygens (including phenoxy) is 2. The molecule has 0 unspecified atom stereocenters. The summed E-state index contributed by atoms with van der Waals surface area (Å²) in [5.41, 5.74) is 2.32. The molecule has 0 saturated carbocycles. The number of hydrogen-bond donors (Lipinski definition) is 0. The van der Waals surface area contributed by atoms with E-state index in [0.717, 1.165) is 15.4 Å². The van der Waals surface area contributed by atoms with E-state index in [2.05, 4.69) is 0 Å². The van der Waals surface area contributed by atoms with Gasteiger partial charge in [-0.2, -0.15) is 0 Å². The van der Waals surface area contributed by atoms with Gasteiger partial charge in [-0.15, -0.1) is 0 Å². The predicted octanol–water partition coefficient (Wildman–Crippen LogP) is 5.33. The van der Waals surface area contributed by atoms with Gasteiger partial charge in [-0.1, -0.05) is 36.0 Å². The van der Waals surface area contributed by atoms with Crippen LogP contribution in [0.15, 0.2) is 76.5 Å². The average Bonchev–Trinajstić information content (AvgIpc) is 2.92. The van der Waals surface area contributed by atoms with E-state index in [1.54, 1.807) is 35.2 Å². The van der Waals surface area contributed by atoms with Crippen molar-refractivity contribution in [3.8, 4) is 0 Å². The highest BCUT2D eigenvalue weighted by molar-refractivity contribution is 7.99. The molecule has 1 heterocycles. The second kappa shape index (κ2) is 9.97. The second-order valence-corrected chi connectivity index (χ2v) is 8.22. The summed E-state index contributed by atoms with van der Waals surface area (Å²) in [6, 6.07) is 18.6. The smallest absolute Gasteiger partial charge is 0.338 e. The first kappa shape index (κ1) is 22.0. The van der Waals surface area contributed by atoms with Crippen LogP contribution in [0.25, 0.3) is 0 Å². The number of rotatable bonds is 7. The number of carbonyl (C=O) groups is 2. The Morgan fingerprint density at radius 3 is 2.56 bits per heavy atom. The largest absolute Gasteiger partial charge is 0.460 e. The minimum absolute atomic E-state index is 0.155. The molecule has 4 rings (SSSR count). The fourth-order valence-corrected chi connectivity index (χ4v) is 4.46. The third-order valence-corrected chi connectivity index (χ3v) is 6.13. The van der Waals surface area contributed by atoms with Gasteiger partial charge in [-0.3, -0.25) is 4.79 Å². The van der Waals surface area contributed by atoms with E-state index in [0.29, 0.717) is 30.0 Å². The number of anilines is 1. The quantitative estimate of drug-likeness (QED) is 0.359. The molecule has 3 aromatic rings. The van der Waals surface area contributed by atoms with E-state index in [1.807, 2.05) is 31.2 Å². The molecule has 7 heteroatoms. The molecule has 164 valence electrons. The van der Waals surface area contributed by atoms with Crippen LogP contribution in [0.5, 0.6) is 0 Å². The zero-order chi connectivity index (χ0) is 22.5. The third kappa shape index (κ3) is 4.84. The molecule has 1 aliphatic heterocycles. The summed E-state index contributed by atoms with van der Waals surface area (Å²) < 4.78 is 23.9. The Kier molecular flexibility index (Phi) is 6.87. The van der Waals surface area contributed by atoms with Crippen molar-refractivity contribution in [1.82, 2.24) is 0 Å². The summed E-state index contributed by atoms with van der Waals surface area (Å²) in [5, 5.41) is 0. The van der Waals surface area contributed by atoms with Crippen molar-refractivity contribution < 1.29 is 23.5 Å². The maximum atomic E-state index is 13.5. The van der Waals surface area contributed by atoms with Crippen LogP contribution in [0.4, 0.5) is 10.1 Å². The van der Waals surface area contributed by atoms with Gasteiger partial charge in [0.15, 0.2) is 0 Å². The molecule has 0 fully saturated rings.